The summed E-state index contributed by atoms with van der Waals surface area (Å²) >= 11 is 3.21. The van der Waals surface area contributed by atoms with Gasteiger partial charge in [0.15, 0.2) is 5.16 Å². The Morgan fingerprint density at radius 1 is 1.60 bits per heavy atom. The second-order valence-corrected chi connectivity index (χ2v) is 6.13. The van der Waals surface area contributed by atoms with E-state index < -0.39 is 0 Å². The van der Waals surface area contributed by atoms with E-state index in [9.17, 15) is 4.79 Å². The van der Waals surface area contributed by atoms with E-state index in [1.165, 1.54) is 0 Å². The fourth-order valence-electron chi connectivity index (χ4n) is 1.57. The molecule has 0 saturated carbocycles. The monoisotopic (exact) mass is 311 g/mol. The maximum atomic E-state index is 11.9. The smallest absolute Gasteiger partial charge is 0.317 e. The van der Waals surface area contributed by atoms with Crippen molar-refractivity contribution in [2.45, 2.75) is 11.7 Å². The molecule has 2 amide bonds. The molecule has 8 heteroatoms. The standard InChI is InChI=1S/C12H17N5OS2/c1-16(7-10-3-5-19-8-10)11(18)13-4-6-20-12-15-14-9-17(12)2/h3,5,8-9H,4,6-7H2,1-2H3,(H,13,18). The number of carbonyl (C=O) groups excluding carboxylic acids is 1. The SMILES string of the molecule is CN(Cc1ccsc1)C(=O)NCCSc1nncn1C. The van der Waals surface area contributed by atoms with Crippen molar-refractivity contribution in [2.24, 2.45) is 7.05 Å². The van der Waals surface area contributed by atoms with Gasteiger partial charge in [0.05, 0.1) is 0 Å². The number of rotatable bonds is 6. The third kappa shape index (κ3) is 4.24. The average molecular weight is 311 g/mol. The van der Waals surface area contributed by atoms with Gasteiger partial charge in [-0.05, 0) is 22.4 Å². The highest BCUT2D eigenvalue weighted by atomic mass is 32.2. The van der Waals surface area contributed by atoms with Crippen molar-refractivity contribution in [1.29, 1.82) is 0 Å². The lowest BCUT2D eigenvalue weighted by molar-refractivity contribution is 0.207. The third-order valence-corrected chi connectivity index (χ3v) is 4.39. The molecule has 0 aliphatic rings. The second kappa shape index (κ2) is 7.30. The highest BCUT2D eigenvalue weighted by Crippen LogP contribution is 2.12. The number of hydrogen-bond donors (Lipinski definition) is 1. The summed E-state index contributed by atoms with van der Waals surface area (Å²) in [6.45, 7) is 1.23. The number of thiophene rings is 1. The molecule has 2 heterocycles. The minimum Gasteiger partial charge on any atom is -0.337 e. The largest absolute Gasteiger partial charge is 0.337 e. The molecule has 20 heavy (non-hydrogen) atoms. The number of hydrogen-bond acceptors (Lipinski definition) is 5. The van der Waals surface area contributed by atoms with Crippen LogP contribution in [0.15, 0.2) is 28.3 Å². The minimum absolute atomic E-state index is 0.0604. The number of aromatic nitrogens is 3. The Morgan fingerprint density at radius 2 is 2.45 bits per heavy atom. The lowest BCUT2D eigenvalue weighted by Gasteiger charge is -2.17. The van der Waals surface area contributed by atoms with Crippen molar-refractivity contribution in [2.75, 3.05) is 19.3 Å². The first-order chi connectivity index (χ1) is 9.66. The normalized spacial score (nSPS) is 10.5. The summed E-state index contributed by atoms with van der Waals surface area (Å²) in [5, 5.41) is 15.6. The van der Waals surface area contributed by atoms with E-state index in [-0.39, 0.29) is 6.03 Å². The summed E-state index contributed by atoms with van der Waals surface area (Å²) < 4.78 is 1.86. The topological polar surface area (TPSA) is 63.1 Å². The van der Waals surface area contributed by atoms with Crippen LogP contribution in [-0.4, -0.2) is 45.0 Å². The Bertz CT molecular complexity index is 540. The van der Waals surface area contributed by atoms with Crippen LogP contribution in [0.4, 0.5) is 4.79 Å². The first kappa shape index (κ1) is 14.9. The van der Waals surface area contributed by atoms with Gasteiger partial charge >= 0.3 is 6.03 Å². The Morgan fingerprint density at radius 3 is 3.10 bits per heavy atom. The molecule has 108 valence electrons. The fourth-order valence-corrected chi connectivity index (χ4v) is 2.97. The van der Waals surface area contributed by atoms with Gasteiger partial charge < -0.3 is 14.8 Å². The molecule has 6 nitrogen and oxygen atoms in total. The van der Waals surface area contributed by atoms with Crippen LogP contribution in [0.25, 0.3) is 0 Å². The molecule has 0 fully saturated rings. The van der Waals surface area contributed by atoms with E-state index in [1.807, 2.05) is 28.4 Å². The number of amides is 2. The summed E-state index contributed by atoms with van der Waals surface area (Å²) in [7, 11) is 3.69. The Hall–Kier alpha value is -1.54. The average Bonchev–Trinajstić information content (AvgIpc) is 3.06. The molecular formula is C12H17N5OS2. The van der Waals surface area contributed by atoms with Gasteiger partial charge in [0.2, 0.25) is 0 Å². The number of thioether (sulfide) groups is 1. The summed E-state index contributed by atoms with van der Waals surface area (Å²) in [6, 6.07) is 1.97. The molecule has 0 saturated heterocycles. The van der Waals surface area contributed by atoms with Crippen LogP contribution in [0.2, 0.25) is 0 Å². The molecule has 0 aromatic carbocycles. The van der Waals surface area contributed by atoms with E-state index in [2.05, 4.69) is 15.5 Å². The molecule has 0 bridgehead atoms. The van der Waals surface area contributed by atoms with Crippen LogP contribution in [0, 0.1) is 0 Å². The molecule has 0 aliphatic carbocycles. The van der Waals surface area contributed by atoms with Crippen molar-refractivity contribution in [3.63, 3.8) is 0 Å². The molecule has 0 radical (unpaired) electrons. The van der Waals surface area contributed by atoms with Crippen LogP contribution in [0.5, 0.6) is 0 Å². The van der Waals surface area contributed by atoms with Gasteiger partial charge in [-0.15, -0.1) is 10.2 Å². The molecule has 2 aromatic rings. The number of urea groups is 1. The highest BCUT2D eigenvalue weighted by Gasteiger charge is 2.09. The second-order valence-electron chi connectivity index (χ2n) is 4.29. The van der Waals surface area contributed by atoms with Crippen molar-refractivity contribution < 1.29 is 4.79 Å². The van der Waals surface area contributed by atoms with Gasteiger partial charge in [0.1, 0.15) is 6.33 Å². The van der Waals surface area contributed by atoms with E-state index in [4.69, 9.17) is 0 Å². The molecule has 2 rings (SSSR count). The van der Waals surface area contributed by atoms with Gasteiger partial charge in [0, 0.05) is 32.9 Å². The first-order valence-corrected chi connectivity index (χ1v) is 8.06. The lowest BCUT2D eigenvalue weighted by atomic mass is 10.3. The van der Waals surface area contributed by atoms with E-state index >= 15 is 0 Å². The lowest BCUT2D eigenvalue weighted by Crippen LogP contribution is -2.37. The van der Waals surface area contributed by atoms with Crippen molar-refractivity contribution in [1.82, 2.24) is 25.0 Å². The predicted octanol–water partition coefficient (Wildman–Crippen LogP) is 1.81. The maximum absolute atomic E-state index is 11.9. The zero-order chi connectivity index (χ0) is 14.4. The van der Waals surface area contributed by atoms with E-state index in [0.29, 0.717) is 13.1 Å². The predicted molar refractivity (Wildman–Crippen MR) is 80.9 cm³/mol. The zero-order valence-corrected chi connectivity index (χ0v) is 13.1. The third-order valence-electron chi connectivity index (χ3n) is 2.63. The number of carbonyl (C=O) groups is 1. The van der Waals surface area contributed by atoms with Gasteiger partial charge in [-0.3, -0.25) is 0 Å². The quantitative estimate of drug-likeness (QED) is 0.653. The molecule has 0 aliphatic heterocycles. The molecule has 1 N–H and O–H groups in total. The molecule has 0 atom stereocenters. The van der Waals surface area contributed by atoms with E-state index in [0.717, 1.165) is 16.5 Å². The molecular weight excluding hydrogens is 294 g/mol. The summed E-state index contributed by atoms with van der Waals surface area (Å²) in [5.41, 5.74) is 1.15. The molecule has 0 spiro atoms. The maximum Gasteiger partial charge on any atom is 0.317 e. The first-order valence-electron chi connectivity index (χ1n) is 6.13. The minimum atomic E-state index is -0.0604. The van der Waals surface area contributed by atoms with Crippen LogP contribution < -0.4 is 5.32 Å². The summed E-state index contributed by atoms with van der Waals surface area (Å²) in [6.07, 6.45) is 1.66. The molecule has 2 aromatic heterocycles. The Labute approximate surface area is 126 Å². The fraction of sp³-hybridized carbons (Fsp3) is 0.417. The Kier molecular flexibility index (Phi) is 5.42. The summed E-state index contributed by atoms with van der Waals surface area (Å²) in [4.78, 5) is 13.5. The van der Waals surface area contributed by atoms with Crippen molar-refractivity contribution >= 4 is 29.1 Å². The zero-order valence-electron chi connectivity index (χ0n) is 11.4. The van der Waals surface area contributed by atoms with Crippen LogP contribution in [-0.2, 0) is 13.6 Å². The van der Waals surface area contributed by atoms with Crippen molar-refractivity contribution in [3.05, 3.63) is 28.7 Å². The van der Waals surface area contributed by atoms with Crippen LogP contribution in [0.1, 0.15) is 5.56 Å². The Balaban J connectivity index is 1.66. The van der Waals surface area contributed by atoms with Crippen LogP contribution >= 0.6 is 23.1 Å². The highest BCUT2D eigenvalue weighted by molar-refractivity contribution is 7.99. The number of nitrogens with zero attached hydrogens (tertiary/aromatic N) is 4. The number of nitrogens with one attached hydrogen (secondary N) is 1. The summed E-state index contributed by atoms with van der Waals surface area (Å²) in [5.74, 6) is 0.768. The van der Waals surface area contributed by atoms with Gasteiger partial charge in [-0.25, -0.2) is 4.79 Å². The molecule has 0 unspecified atom stereocenters. The van der Waals surface area contributed by atoms with Crippen LogP contribution in [0.3, 0.4) is 0 Å². The van der Waals surface area contributed by atoms with Crippen molar-refractivity contribution in [3.8, 4) is 0 Å². The number of aryl methyl sites for hydroxylation is 1. The van der Waals surface area contributed by atoms with E-state index in [1.54, 1.807) is 41.4 Å². The van der Waals surface area contributed by atoms with Gasteiger partial charge in [-0.1, -0.05) is 11.8 Å². The van der Waals surface area contributed by atoms with Gasteiger partial charge in [-0.2, -0.15) is 11.3 Å². The van der Waals surface area contributed by atoms with Gasteiger partial charge in [0.25, 0.3) is 0 Å².